The first kappa shape index (κ1) is 26.7. The van der Waals surface area contributed by atoms with Crippen molar-refractivity contribution in [2.75, 3.05) is 19.3 Å². The number of ether oxygens (including phenoxy) is 1. The predicted molar refractivity (Wildman–Crippen MR) is 132 cm³/mol. The molecule has 33 heavy (non-hydrogen) atoms. The number of H-pyrrole nitrogens is 1. The number of amides is 2. The number of nitrogens with zero attached hydrogens (tertiary/aromatic N) is 2. The number of aryl methyl sites for hydroxylation is 1. The van der Waals surface area contributed by atoms with Crippen LogP contribution in [0, 0.1) is 0 Å². The number of rotatable bonds is 13. The van der Waals surface area contributed by atoms with Gasteiger partial charge in [0.15, 0.2) is 0 Å². The van der Waals surface area contributed by atoms with Crippen LogP contribution in [0.5, 0.6) is 0 Å². The van der Waals surface area contributed by atoms with Crippen molar-refractivity contribution in [2.45, 2.75) is 71.4 Å². The average molecular weight is 477 g/mol. The van der Waals surface area contributed by atoms with Gasteiger partial charge in [-0.05, 0) is 38.3 Å². The molecule has 2 rings (SSSR count). The minimum atomic E-state index is -0.919. The number of benzene rings is 1. The van der Waals surface area contributed by atoms with Gasteiger partial charge < -0.3 is 19.9 Å². The number of para-hydroxylation sites is 1. The molecule has 2 N–H and O–H groups in total. The molecule has 0 unspecified atom stereocenters. The molecule has 0 fully saturated rings. The van der Waals surface area contributed by atoms with Crippen molar-refractivity contribution >= 4 is 39.9 Å². The van der Waals surface area contributed by atoms with Gasteiger partial charge in [0.1, 0.15) is 6.04 Å². The fourth-order valence-electron chi connectivity index (χ4n) is 3.39. The van der Waals surface area contributed by atoms with Gasteiger partial charge in [-0.2, -0.15) is 0 Å². The minimum absolute atomic E-state index is 0.0637. The second-order valence-electron chi connectivity index (χ2n) is 8.38. The molecule has 0 spiro atoms. The van der Waals surface area contributed by atoms with Crippen LogP contribution in [0.1, 0.15) is 58.4 Å². The van der Waals surface area contributed by atoms with Gasteiger partial charge in [0.25, 0.3) is 5.24 Å². The van der Waals surface area contributed by atoms with E-state index in [-0.39, 0.29) is 30.2 Å². The van der Waals surface area contributed by atoms with Crippen LogP contribution in [0.15, 0.2) is 24.5 Å². The molecular formula is C24H36N4O4S. The molecule has 0 bridgehead atoms. The molecule has 9 heteroatoms. The maximum Gasteiger partial charge on any atom is 0.330 e. The van der Waals surface area contributed by atoms with E-state index in [1.54, 1.807) is 27.2 Å². The van der Waals surface area contributed by atoms with E-state index in [9.17, 15) is 14.4 Å². The largest absolute Gasteiger partial charge is 0.461 e. The molecule has 1 atom stereocenters. The van der Waals surface area contributed by atoms with Crippen molar-refractivity contribution in [3.05, 3.63) is 30.1 Å². The van der Waals surface area contributed by atoms with Gasteiger partial charge in [-0.15, -0.1) is 0 Å². The first-order valence-corrected chi connectivity index (χ1v) is 12.6. The maximum atomic E-state index is 12.7. The molecule has 0 saturated heterocycles. The molecular weight excluding hydrogens is 440 g/mol. The van der Waals surface area contributed by atoms with E-state index < -0.39 is 12.0 Å². The smallest absolute Gasteiger partial charge is 0.330 e. The summed E-state index contributed by atoms with van der Waals surface area (Å²) in [5.41, 5.74) is 2.73. The highest BCUT2D eigenvalue weighted by molar-refractivity contribution is 8.13. The quantitative estimate of drug-likeness (QED) is 0.330. The highest BCUT2D eigenvalue weighted by atomic mass is 32.2. The van der Waals surface area contributed by atoms with Gasteiger partial charge in [0.2, 0.25) is 5.91 Å². The highest BCUT2D eigenvalue weighted by Crippen LogP contribution is 2.16. The Balaban J connectivity index is 1.92. The number of fused-ring (bicyclic) bond motifs is 1. The number of aromatic amines is 1. The Hall–Kier alpha value is -2.55. The van der Waals surface area contributed by atoms with Crippen molar-refractivity contribution in [1.29, 1.82) is 0 Å². The summed E-state index contributed by atoms with van der Waals surface area (Å²) in [6.45, 7) is 5.72. The van der Waals surface area contributed by atoms with E-state index in [4.69, 9.17) is 4.74 Å². The molecule has 0 aliphatic carbocycles. The third kappa shape index (κ3) is 9.07. The third-order valence-electron chi connectivity index (χ3n) is 5.13. The molecule has 1 heterocycles. The Morgan fingerprint density at radius 1 is 1.21 bits per heavy atom. The summed E-state index contributed by atoms with van der Waals surface area (Å²) in [4.78, 5) is 46.5. The van der Waals surface area contributed by atoms with Crippen molar-refractivity contribution in [3.8, 4) is 0 Å². The number of hydrogen-bond acceptors (Lipinski definition) is 6. The highest BCUT2D eigenvalue weighted by Gasteiger charge is 2.26. The van der Waals surface area contributed by atoms with Gasteiger partial charge in [-0.1, -0.05) is 50.1 Å². The second-order valence-corrected chi connectivity index (χ2v) is 9.42. The molecule has 2 aromatic rings. The molecule has 0 aliphatic rings. The first-order valence-electron chi connectivity index (χ1n) is 11.6. The summed E-state index contributed by atoms with van der Waals surface area (Å²) in [7, 11) is 1.64. The summed E-state index contributed by atoms with van der Waals surface area (Å²) in [6.07, 6.45) is 6.41. The predicted octanol–water partition coefficient (Wildman–Crippen LogP) is 4.30. The lowest BCUT2D eigenvalue weighted by Gasteiger charge is -2.24. The number of carbonyl (C=O) groups is 3. The van der Waals surface area contributed by atoms with Crippen LogP contribution in [-0.2, 0) is 20.7 Å². The van der Waals surface area contributed by atoms with E-state index in [0.717, 1.165) is 48.0 Å². The fourth-order valence-corrected chi connectivity index (χ4v) is 4.21. The number of aromatic nitrogens is 2. The Kier molecular flexibility index (Phi) is 11.2. The van der Waals surface area contributed by atoms with Crippen LogP contribution in [0.3, 0.4) is 0 Å². The molecule has 182 valence electrons. The number of imidazole rings is 1. The maximum absolute atomic E-state index is 12.7. The minimum Gasteiger partial charge on any atom is -0.461 e. The zero-order chi connectivity index (χ0) is 24.2. The lowest BCUT2D eigenvalue weighted by Crippen LogP contribution is -2.49. The van der Waals surface area contributed by atoms with Gasteiger partial charge in [0.05, 0.1) is 30.0 Å². The summed E-state index contributed by atoms with van der Waals surface area (Å²) in [5, 5.41) is 2.64. The third-order valence-corrected chi connectivity index (χ3v) is 6.18. The summed E-state index contributed by atoms with van der Waals surface area (Å²) in [6, 6.07) is 4.84. The van der Waals surface area contributed by atoms with Crippen molar-refractivity contribution in [3.63, 3.8) is 0 Å². The molecule has 8 nitrogen and oxygen atoms in total. The van der Waals surface area contributed by atoms with Crippen LogP contribution < -0.4 is 5.32 Å². The number of carbonyl (C=O) groups excluding carboxylic acids is 3. The number of esters is 1. The Labute approximate surface area is 200 Å². The number of thioether (sulfide) groups is 1. The number of nitrogens with one attached hydrogen (secondary N) is 2. The molecule has 0 aliphatic heterocycles. The monoisotopic (exact) mass is 476 g/mol. The molecule has 2 amide bonds. The van der Waals surface area contributed by atoms with Crippen LogP contribution in [-0.4, -0.2) is 63.5 Å². The molecule has 1 aromatic heterocycles. The SMILES string of the molecule is CCCCCCSC(=O)N(C)C[C@H](NC(=O)CCc1cccc2nc[nH]c12)C(=O)OC(C)C. The van der Waals surface area contributed by atoms with Gasteiger partial charge in [-0.3, -0.25) is 9.59 Å². The molecule has 1 aromatic carbocycles. The summed E-state index contributed by atoms with van der Waals surface area (Å²) < 4.78 is 5.32. The number of unbranched alkanes of at least 4 members (excludes halogenated alkanes) is 3. The van der Waals surface area contributed by atoms with E-state index in [1.807, 2.05) is 18.2 Å². The first-order chi connectivity index (χ1) is 15.8. The van der Waals surface area contributed by atoms with Crippen molar-refractivity contribution in [2.24, 2.45) is 0 Å². The Morgan fingerprint density at radius 3 is 2.73 bits per heavy atom. The average Bonchev–Trinajstić information content (AvgIpc) is 3.26. The van der Waals surface area contributed by atoms with Gasteiger partial charge >= 0.3 is 5.97 Å². The van der Waals surface area contributed by atoms with Crippen LogP contribution in [0.2, 0.25) is 0 Å². The Morgan fingerprint density at radius 2 is 2.00 bits per heavy atom. The van der Waals surface area contributed by atoms with Crippen LogP contribution in [0.4, 0.5) is 4.79 Å². The van der Waals surface area contributed by atoms with Crippen LogP contribution >= 0.6 is 11.8 Å². The number of likely N-dealkylation sites (N-methyl/N-ethyl adjacent to an activating group) is 1. The topological polar surface area (TPSA) is 104 Å². The standard InChI is InChI=1S/C24H36N4O4S/c1-5-6-7-8-14-33-24(31)28(4)15-20(23(30)32-17(2)3)27-21(29)13-12-18-10-9-11-19-22(18)26-16-25-19/h9-11,16-17,20H,5-8,12-15H2,1-4H3,(H,25,26)(H,27,29)/t20-/m0/s1. The van der Waals surface area contributed by atoms with Gasteiger partial charge in [0, 0.05) is 19.2 Å². The van der Waals surface area contributed by atoms with E-state index >= 15 is 0 Å². The summed E-state index contributed by atoms with van der Waals surface area (Å²) >= 11 is 1.24. The zero-order valence-corrected chi connectivity index (χ0v) is 20.9. The lowest BCUT2D eigenvalue weighted by molar-refractivity contribution is -0.151. The zero-order valence-electron chi connectivity index (χ0n) is 20.1. The van der Waals surface area contributed by atoms with Crippen LogP contribution in [0.25, 0.3) is 11.0 Å². The fraction of sp³-hybridized carbons (Fsp3) is 0.583. The molecule has 0 saturated carbocycles. The molecule has 0 radical (unpaired) electrons. The van der Waals surface area contributed by atoms with Crippen molar-refractivity contribution < 1.29 is 19.1 Å². The lowest BCUT2D eigenvalue weighted by atomic mass is 10.1. The summed E-state index contributed by atoms with van der Waals surface area (Å²) in [5.74, 6) is -0.0672. The Bertz CT molecular complexity index is 915. The number of hydrogen-bond donors (Lipinski definition) is 2. The van der Waals surface area contributed by atoms with Crippen molar-refractivity contribution in [1.82, 2.24) is 20.2 Å². The van der Waals surface area contributed by atoms with E-state index in [1.165, 1.54) is 16.7 Å². The van der Waals surface area contributed by atoms with E-state index in [0.29, 0.717) is 6.42 Å². The second kappa shape index (κ2) is 13.9. The van der Waals surface area contributed by atoms with Gasteiger partial charge in [-0.25, -0.2) is 9.78 Å². The van der Waals surface area contributed by atoms with E-state index in [2.05, 4.69) is 22.2 Å². The normalized spacial score (nSPS) is 12.0.